The number of rotatable bonds is 4. The van der Waals surface area contributed by atoms with Crippen LogP contribution < -0.4 is 5.56 Å². The molecule has 4 aromatic rings. The highest BCUT2D eigenvalue weighted by Crippen LogP contribution is 2.24. The maximum Gasteiger partial charge on any atom is 0.266 e. The van der Waals surface area contributed by atoms with E-state index in [1.54, 1.807) is 16.8 Å². The number of hydrogen-bond donors (Lipinski definition) is 0. The highest BCUT2D eigenvalue weighted by atomic mass is 16.2. The number of piperidine rings is 1. The molecule has 160 valence electrons. The lowest BCUT2D eigenvalue weighted by molar-refractivity contribution is 0.0682. The molecule has 5 rings (SSSR count). The second-order valence-electron chi connectivity index (χ2n) is 8.37. The Balaban J connectivity index is 1.27. The van der Waals surface area contributed by atoms with Gasteiger partial charge in [-0.05, 0) is 41.7 Å². The summed E-state index contributed by atoms with van der Waals surface area (Å²) in [5.41, 5.74) is 2.47. The number of hydrogen-bond acceptors (Lipinski definition) is 3. The third-order valence-electron chi connectivity index (χ3n) is 6.29. The van der Waals surface area contributed by atoms with E-state index in [0.29, 0.717) is 25.6 Å². The van der Waals surface area contributed by atoms with E-state index in [2.05, 4.69) is 5.10 Å². The van der Waals surface area contributed by atoms with E-state index < -0.39 is 0 Å². The number of aromatic nitrogens is 2. The van der Waals surface area contributed by atoms with Gasteiger partial charge in [0.1, 0.15) is 0 Å². The Bertz CT molecular complexity index is 1300. The van der Waals surface area contributed by atoms with E-state index in [9.17, 15) is 9.59 Å². The van der Waals surface area contributed by atoms with E-state index in [0.717, 1.165) is 40.4 Å². The minimum absolute atomic E-state index is 0.0843. The van der Waals surface area contributed by atoms with Gasteiger partial charge < -0.3 is 4.90 Å². The Morgan fingerprint density at radius 1 is 0.844 bits per heavy atom. The molecule has 5 heteroatoms. The van der Waals surface area contributed by atoms with Crippen LogP contribution in [0.5, 0.6) is 0 Å². The van der Waals surface area contributed by atoms with Gasteiger partial charge in [0.2, 0.25) is 0 Å². The number of carbonyl (C=O) groups is 1. The molecule has 1 amide bonds. The average molecular weight is 424 g/mol. The van der Waals surface area contributed by atoms with Gasteiger partial charge in [-0.15, -0.1) is 0 Å². The first-order chi connectivity index (χ1) is 15.7. The van der Waals surface area contributed by atoms with Gasteiger partial charge in [0.05, 0.1) is 5.69 Å². The van der Waals surface area contributed by atoms with Crippen molar-refractivity contribution in [3.63, 3.8) is 0 Å². The number of nitrogens with zero attached hydrogens (tertiary/aromatic N) is 3. The zero-order chi connectivity index (χ0) is 21.9. The molecule has 32 heavy (non-hydrogen) atoms. The standard InChI is InChI=1S/C27H25N3O2/c31-26-14-13-25(22-8-2-1-3-9-22)28-30(26)19-20-15-17-29(18-16-20)27(32)24-12-6-10-21-7-4-5-11-23(21)24/h1-14,20H,15-19H2. The topological polar surface area (TPSA) is 55.2 Å². The molecule has 0 atom stereocenters. The van der Waals surface area contributed by atoms with Crippen LogP contribution in [0.4, 0.5) is 0 Å². The molecule has 0 bridgehead atoms. The van der Waals surface area contributed by atoms with Crippen molar-refractivity contribution in [1.82, 2.24) is 14.7 Å². The molecule has 0 unspecified atom stereocenters. The lowest BCUT2D eigenvalue weighted by atomic mass is 9.95. The predicted octanol–water partition coefficient (Wildman–Crippen LogP) is 4.62. The van der Waals surface area contributed by atoms with Gasteiger partial charge >= 0.3 is 0 Å². The molecule has 0 aliphatic carbocycles. The first kappa shape index (κ1) is 20.2. The fourth-order valence-corrected chi connectivity index (χ4v) is 4.49. The minimum Gasteiger partial charge on any atom is -0.339 e. The van der Waals surface area contributed by atoms with Crippen molar-refractivity contribution < 1.29 is 4.79 Å². The van der Waals surface area contributed by atoms with E-state index in [1.165, 1.54) is 0 Å². The number of likely N-dealkylation sites (tertiary alicyclic amines) is 1. The van der Waals surface area contributed by atoms with Crippen LogP contribution in [0.25, 0.3) is 22.0 Å². The molecule has 0 N–H and O–H groups in total. The van der Waals surface area contributed by atoms with Crippen LogP contribution in [-0.4, -0.2) is 33.7 Å². The molecule has 1 aromatic heterocycles. The van der Waals surface area contributed by atoms with Crippen molar-refractivity contribution in [3.8, 4) is 11.3 Å². The molecule has 0 radical (unpaired) electrons. The predicted molar refractivity (Wildman–Crippen MR) is 127 cm³/mol. The lowest BCUT2D eigenvalue weighted by Gasteiger charge is -2.32. The Morgan fingerprint density at radius 3 is 2.38 bits per heavy atom. The van der Waals surface area contributed by atoms with E-state index in [-0.39, 0.29) is 11.5 Å². The van der Waals surface area contributed by atoms with Crippen LogP contribution in [0, 0.1) is 5.92 Å². The number of amides is 1. The summed E-state index contributed by atoms with van der Waals surface area (Å²) in [6, 6.07) is 27.2. The van der Waals surface area contributed by atoms with Crippen LogP contribution in [0.15, 0.2) is 89.7 Å². The molecular formula is C27H25N3O2. The second kappa shape index (κ2) is 8.79. The zero-order valence-electron chi connectivity index (χ0n) is 17.9. The number of carbonyl (C=O) groups excluding carboxylic acids is 1. The summed E-state index contributed by atoms with van der Waals surface area (Å²) in [5.74, 6) is 0.407. The largest absolute Gasteiger partial charge is 0.339 e. The second-order valence-corrected chi connectivity index (χ2v) is 8.37. The Labute approximate surface area is 186 Å². The first-order valence-electron chi connectivity index (χ1n) is 11.1. The van der Waals surface area contributed by atoms with Gasteiger partial charge in [-0.3, -0.25) is 9.59 Å². The van der Waals surface area contributed by atoms with Crippen LogP contribution in [0.3, 0.4) is 0 Å². The van der Waals surface area contributed by atoms with Crippen LogP contribution in [-0.2, 0) is 6.54 Å². The Kier molecular flexibility index (Phi) is 5.55. The molecule has 1 aliphatic rings. The normalized spacial score (nSPS) is 14.6. The van der Waals surface area contributed by atoms with Crippen LogP contribution in [0.1, 0.15) is 23.2 Å². The van der Waals surface area contributed by atoms with Gasteiger partial charge in [0.15, 0.2) is 0 Å². The summed E-state index contributed by atoms with van der Waals surface area (Å²) in [6.45, 7) is 1.97. The highest BCUT2D eigenvalue weighted by Gasteiger charge is 2.25. The van der Waals surface area contributed by atoms with Gasteiger partial charge in [0.25, 0.3) is 11.5 Å². The molecule has 2 heterocycles. The summed E-state index contributed by atoms with van der Waals surface area (Å²) >= 11 is 0. The summed E-state index contributed by atoms with van der Waals surface area (Å²) in [5, 5.41) is 6.67. The fraction of sp³-hybridized carbons (Fsp3) is 0.222. The van der Waals surface area contributed by atoms with Crippen molar-refractivity contribution >= 4 is 16.7 Å². The molecule has 1 fully saturated rings. The Morgan fingerprint density at radius 2 is 1.56 bits per heavy atom. The maximum atomic E-state index is 13.2. The minimum atomic E-state index is -0.0843. The van der Waals surface area contributed by atoms with Crippen molar-refractivity contribution in [1.29, 1.82) is 0 Å². The molecule has 5 nitrogen and oxygen atoms in total. The maximum absolute atomic E-state index is 13.2. The van der Waals surface area contributed by atoms with Gasteiger partial charge in [-0.1, -0.05) is 66.7 Å². The van der Waals surface area contributed by atoms with Crippen LogP contribution >= 0.6 is 0 Å². The molecule has 0 spiro atoms. The van der Waals surface area contributed by atoms with Crippen molar-refractivity contribution in [2.75, 3.05) is 13.1 Å². The monoisotopic (exact) mass is 423 g/mol. The first-order valence-corrected chi connectivity index (χ1v) is 11.1. The SMILES string of the molecule is O=C(c1cccc2ccccc12)N1CCC(Cn2nc(-c3ccccc3)ccc2=O)CC1. The Hall–Kier alpha value is -3.73. The zero-order valence-corrected chi connectivity index (χ0v) is 17.9. The number of benzene rings is 3. The van der Waals surface area contributed by atoms with Crippen LogP contribution in [0.2, 0.25) is 0 Å². The molecule has 0 saturated carbocycles. The molecule has 1 saturated heterocycles. The third-order valence-corrected chi connectivity index (χ3v) is 6.29. The highest BCUT2D eigenvalue weighted by molar-refractivity contribution is 6.07. The molecular weight excluding hydrogens is 398 g/mol. The van der Waals surface area contributed by atoms with Crippen molar-refractivity contribution in [2.45, 2.75) is 19.4 Å². The van der Waals surface area contributed by atoms with Gasteiger partial charge in [0, 0.05) is 36.8 Å². The average Bonchev–Trinajstić information content (AvgIpc) is 2.85. The van der Waals surface area contributed by atoms with E-state index in [1.807, 2.05) is 77.7 Å². The summed E-state index contributed by atoms with van der Waals surface area (Å²) in [6.07, 6.45) is 1.72. The smallest absolute Gasteiger partial charge is 0.266 e. The molecule has 1 aliphatic heterocycles. The van der Waals surface area contributed by atoms with E-state index in [4.69, 9.17) is 0 Å². The molecule has 3 aromatic carbocycles. The summed E-state index contributed by atoms with van der Waals surface area (Å²) < 4.78 is 1.58. The quantitative estimate of drug-likeness (QED) is 0.481. The summed E-state index contributed by atoms with van der Waals surface area (Å²) in [4.78, 5) is 27.5. The lowest BCUT2D eigenvalue weighted by Crippen LogP contribution is -2.40. The van der Waals surface area contributed by atoms with Gasteiger partial charge in [-0.2, -0.15) is 5.10 Å². The van der Waals surface area contributed by atoms with Crippen molar-refractivity contribution in [3.05, 3.63) is 101 Å². The van der Waals surface area contributed by atoms with Gasteiger partial charge in [-0.25, -0.2) is 4.68 Å². The number of fused-ring (bicyclic) bond motifs is 1. The van der Waals surface area contributed by atoms with Crippen molar-refractivity contribution in [2.24, 2.45) is 5.92 Å². The van der Waals surface area contributed by atoms with E-state index >= 15 is 0 Å². The summed E-state index contributed by atoms with van der Waals surface area (Å²) in [7, 11) is 0. The fourth-order valence-electron chi connectivity index (χ4n) is 4.49. The third kappa shape index (κ3) is 4.06.